The van der Waals surface area contributed by atoms with Crippen LogP contribution < -0.4 is 0 Å². The third-order valence-electron chi connectivity index (χ3n) is 1.21. The molecule has 0 aliphatic heterocycles. The Hall–Kier alpha value is 1.32. The summed E-state index contributed by atoms with van der Waals surface area (Å²) in [6.07, 6.45) is 0. The molecule has 0 spiro atoms. The minimum absolute atomic E-state index is 0. The average molecular weight is 194 g/mol. The van der Waals surface area contributed by atoms with E-state index in [1.54, 1.807) is 0 Å². The van der Waals surface area contributed by atoms with Gasteiger partial charge in [-0.3, -0.25) is 0 Å². The lowest BCUT2D eigenvalue weighted by molar-refractivity contribution is 3.91. The topological polar surface area (TPSA) is 0 Å². The lowest BCUT2D eigenvalue weighted by atomic mass is 8.97. The average Bonchev–Trinajstić information content (AvgIpc) is 1.69. The molecule has 0 aromatic rings. The Morgan fingerprint density at radius 1 is 0.600 bits per heavy atom. The molecular weight excluding hydrogens is 182 g/mol. The molecule has 0 bridgehead atoms. The Labute approximate surface area is 88.0 Å². The van der Waals surface area contributed by atoms with Crippen LogP contribution in [-0.4, -0.2) is 50.8 Å². The number of halogens is 3. The molecule has 0 saturated heterocycles. The first-order valence-corrected chi connectivity index (χ1v) is 3.41. The molecule has 0 aromatic carbocycles. The highest BCUT2D eigenvalue weighted by Crippen LogP contribution is 1.47. The van der Waals surface area contributed by atoms with Crippen molar-refractivity contribution in [3.63, 3.8) is 0 Å². The first-order valence-electron chi connectivity index (χ1n) is 3.41. The molecule has 0 saturated carbocycles. The summed E-state index contributed by atoms with van der Waals surface area (Å²) in [5.41, 5.74) is 0. The zero-order valence-corrected chi connectivity index (χ0v) is 9.21. The van der Waals surface area contributed by atoms with Gasteiger partial charge >= 0.3 is 0 Å². The van der Waals surface area contributed by atoms with Gasteiger partial charge in [0.2, 0.25) is 0 Å². The Bertz CT molecular complexity index is 28.0. The molecule has 54 valence electrons. The third-order valence-corrected chi connectivity index (χ3v) is 1.21. The fraction of sp³-hybridized carbons (Fsp3) is 0. The number of rotatable bonds is 4. The maximum Gasteiger partial charge on any atom is 0.0597 e. The van der Waals surface area contributed by atoms with E-state index in [0.29, 0.717) is 0 Å². The van der Waals surface area contributed by atoms with Crippen LogP contribution in [0.1, 0.15) is 0 Å². The molecule has 0 nitrogen and oxygen atoms in total. The molecule has 0 aromatic heterocycles. The maximum atomic E-state index is 2.25. The van der Waals surface area contributed by atoms with E-state index in [-0.39, 0.29) is 37.2 Å². The van der Waals surface area contributed by atoms with E-state index in [0.717, 1.165) is 0 Å². The van der Waals surface area contributed by atoms with Crippen molar-refractivity contribution in [2.45, 2.75) is 0 Å². The van der Waals surface area contributed by atoms with Gasteiger partial charge in [-0.05, 0) is 0 Å². The van der Waals surface area contributed by atoms with E-state index in [1.165, 1.54) is 35.3 Å². The van der Waals surface area contributed by atoms with Crippen LogP contribution >= 0.6 is 37.2 Å². The van der Waals surface area contributed by atoms with Gasteiger partial charge in [0.25, 0.3) is 0 Å². The van der Waals surface area contributed by atoms with Gasteiger partial charge < -0.3 is 0 Å². The zero-order valence-electron chi connectivity index (χ0n) is 6.76. The standard InChI is InChI=1S/B7H9.3ClH/c1-3-5-7-6-4-2;;;/h3-7H,1-2H2;3*1H. The molecule has 0 atom stereocenters. The van der Waals surface area contributed by atoms with Gasteiger partial charge in [-0.15, -0.1) is 37.2 Å². The van der Waals surface area contributed by atoms with Crippen LogP contribution in [0.2, 0.25) is 0 Å². The summed E-state index contributed by atoms with van der Waals surface area (Å²) in [4.78, 5) is 0. The minimum Gasteiger partial charge on any atom is -0.147 e. The molecule has 0 N–H and O–H groups in total. The van der Waals surface area contributed by atoms with Crippen LogP contribution in [0.15, 0.2) is 0 Å². The molecule has 0 rings (SSSR count). The van der Waals surface area contributed by atoms with Crippen molar-refractivity contribution in [2.24, 2.45) is 0 Å². The molecule has 0 aliphatic carbocycles. The lowest BCUT2D eigenvalue weighted by Crippen LogP contribution is -2.23. The molecule has 0 heterocycles. The Balaban J connectivity index is -0.0000000600. The third kappa shape index (κ3) is 22.8. The molecule has 0 unspecified atom stereocenters. The molecule has 0 amide bonds. The van der Waals surface area contributed by atoms with E-state index in [2.05, 4.69) is 15.5 Å². The van der Waals surface area contributed by atoms with Crippen molar-refractivity contribution in [3.8, 4) is 0 Å². The van der Waals surface area contributed by atoms with Crippen LogP contribution in [-0.2, 0) is 0 Å². The van der Waals surface area contributed by atoms with Gasteiger partial charge in [0.15, 0.2) is 0 Å². The monoisotopic (exact) mass is 194 g/mol. The fourth-order valence-electron chi connectivity index (χ4n) is 0.677. The summed E-state index contributed by atoms with van der Waals surface area (Å²) in [6.45, 7) is 0. The normalized spacial score (nSPS) is 4.40. The molecular formula is H12B7Cl3. The second-order valence-electron chi connectivity index (χ2n) is 2.06. The zero-order chi connectivity index (χ0) is 5.54. The highest BCUT2D eigenvalue weighted by atomic mass is 35.5. The summed E-state index contributed by atoms with van der Waals surface area (Å²) in [5.74, 6) is 0. The van der Waals surface area contributed by atoms with E-state index < -0.39 is 0 Å². The highest BCUT2D eigenvalue weighted by molar-refractivity contribution is 7.61. The van der Waals surface area contributed by atoms with Gasteiger partial charge in [0.1, 0.15) is 0 Å². The second-order valence-corrected chi connectivity index (χ2v) is 2.06. The molecule has 10 heavy (non-hydrogen) atoms. The summed E-state index contributed by atoms with van der Waals surface area (Å²) in [5, 5.41) is 0. The van der Waals surface area contributed by atoms with Crippen LogP contribution in [0, 0.1) is 0 Å². The van der Waals surface area contributed by atoms with Crippen molar-refractivity contribution in [1.29, 1.82) is 0 Å². The van der Waals surface area contributed by atoms with Crippen molar-refractivity contribution in [2.75, 3.05) is 0 Å². The van der Waals surface area contributed by atoms with Crippen LogP contribution in [0.25, 0.3) is 0 Å². The predicted octanol–water partition coefficient (Wildman–Crippen LogP) is -3.81. The first-order chi connectivity index (χ1) is 3.41. The van der Waals surface area contributed by atoms with E-state index >= 15 is 0 Å². The van der Waals surface area contributed by atoms with Crippen molar-refractivity contribution in [1.82, 2.24) is 0 Å². The van der Waals surface area contributed by atoms with E-state index in [4.69, 9.17) is 0 Å². The maximum absolute atomic E-state index is 2.25. The van der Waals surface area contributed by atoms with Crippen LogP contribution in [0.5, 0.6) is 0 Å². The summed E-state index contributed by atoms with van der Waals surface area (Å²) < 4.78 is 0. The fourth-order valence-corrected chi connectivity index (χ4v) is 0.677. The van der Waals surface area contributed by atoms with Gasteiger partial charge in [-0.25, -0.2) is 0 Å². The number of hydrogen-bond donors (Lipinski definition) is 0. The Morgan fingerprint density at radius 2 is 0.900 bits per heavy atom. The van der Waals surface area contributed by atoms with Crippen molar-refractivity contribution in [3.05, 3.63) is 0 Å². The molecule has 10 heteroatoms. The summed E-state index contributed by atoms with van der Waals surface area (Å²) in [6, 6.07) is 0. The van der Waals surface area contributed by atoms with E-state index in [9.17, 15) is 0 Å². The van der Waals surface area contributed by atoms with Gasteiger partial charge in [0, 0.05) is 35.3 Å². The van der Waals surface area contributed by atoms with Crippen molar-refractivity contribution < 1.29 is 0 Å². The molecule has 0 radical (unpaired) electrons. The van der Waals surface area contributed by atoms with Gasteiger partial charge in [0.05, 0.1) is 15.5 Å². The molecule has 0 fully saturated rings. The number of hydrogen-bond acceptors (Lipinski definition) is 0. The molecule has 0 aliphatic rings. The summed E-state index contributed by atoms with van der Waals surface area (Å²) in [7, 11) is 11.5. The Morgan fingerprint density at radius 3 is 1.10 bits per heavy atom. The minimum atomic E-state index is 0. The highest BCUT2D eigenvalue weighted by Gasteiger charge is 1.89. The van der Waals surface area contributed by atoms with Gasteiger partial charge in [-0.2, -0.15) is 0 Å². The van der Waals surface area contributed by atoms with E-state index in [1.807, 2.05) is 0 Å². The first kappa shape index (κ1) is 22.5. The largest absolute Gasteiger partial charge is 0.147 e. The van der Waals surface area contributed by atoms with Crippen molar-refractivity contribution >= 4 is 88.0 Å². The second kappa shape index (κ2) is 22.4. The SMILES string of the molecule is BBBBBBB.Cl.Cl.Cl. The van der Waals surface area contributed by atoms with Crippen LogP contribution in [0.3, 0.4) is 0 Å². The lowest BCUT2D eigenvalue weighted by Gasteiger charge is -1.81. The quantitative estimate of drug-likeness (QED) is 0.318. The Kier molecular flexibility index (Phi) is 50.5. The predicted molar refractivity (Wildman–Crippen MR) is 74.6 cm³/mol. The smallest absolute Gasteiger partial charge is 0.0597 e. The summed E-state index contributed by atoms with van der Waals surface area (Å²) >= 11 is 0. The van der Waals surface area contributed by atoms with Gasteiger partial charge in [-0.1, -0.05) is 0 Å². The van der Waals surface area contributed by atoms with Crippen LogP contribution in [0.4, 0.5) is 0 Å².